The van der Waals surface area contributed by atoms with Crippen LogP contribution in [0.15, 0.2) is 60.8 Å². The van der Waals surface area contributed by atoms with Gasteiger partial charge in [-0.1, -0.05) is 23.4 Å². The van der Waals surface area contributed by atoms with Gasteiger partial charge in [0.15, 0.2) is 11.9 Å². The van der Waals surface area contributed by atoms with Gasteiger partial charge in [0.25, 0.3) is 0 Å². The van der Waals surface area contributed by atoms with E-state index in [1.54, 1.807) is 37.4 Å². The van der Waals surface area contributed by atoms with Crippen LogP contribution in [0.25, 0.3) is 0 Å². The van der Waals surface area contributed by atoms with E-state index in [0.29, 0.717) is 17.2 Å². The molecule has 1 aromatic heterocycles. The van der Waals surface area contributed by atoms with Gasteiger partial charge < -0.3 is 14.6 Å². The highest BCUT2D eigenvalue weighted by molar-refractivity contribution is 5.82. The largest absolute Gasteiger partial charge is 0.483 e. The van der Waals surface area contributed by atoms with Crippen LogP contribution < -0.4 is 9.47 Å². The number of aryl methyl sites for hydroxylation is 1. The third kappa shape index (κ3) is 6.17. The van der Waals surface area contributed by atoms with Gasteiger partial charge in [-0.3, -0.25) is 9.59 Å². The van der Waals surface area contributed by atoms with Crippen LogP contribution in [-0.2, 0) is 22.6 Å². The van der Waals surface area contributed by atoms with Crippen LogP contribution in [0.3, 0.4) is 0 Å². The minimum Gasteiger partial charge on any atom is -0.483 e. The van der Waals surface area contributed by atoms with Crippen molar-refractivity contribution in [3.8, 4) is 17.2 Å². The molecule has 0 spiro atoms. The fourth-order valence-electron chi connectivity index (χ4n) is 2.53. The summed E-state index contributed by atoms with van der Waals surface area (Å²) in [6.07, 6.45) is 1.13. The van der Waals surface area contributed by atoms with E-state index in [0.717, 1.165) is 5.75 Å². The maximum atomic E-state index is 12.4. The molecule has 0 fully saturated rings. The van der Waals surface area contributed by atoms with Crippen LogP contribution in [0.4, 0.5) is 0 Å². The number of rotatable bonds is 10. The Balaban J connectivity index is 1.51. The van der Waals surface area contributed by atoms with Crippen LogP contribution in [0, 0.1) is 0 Å². The molecule has 0 bridgehead atoms. The molecule has 2 aromatic carbocycles. The number of hydrogen-bond acceptors (Lipinski definition) is 6. The highest BCUT2D eigenvalue weighted by Gasteiger charge is 2.16. The number of aromatic nitrogens is 3. The summed E-state index contributed by atoms with van der Waals surface area (Å²) >= 11 is 0. The zero-order valence-electron chi connectivity index (χ0n) is 15.9. The molecule has 0 amide bonds. The first-order valence-electron chi connectivity index (χ1n) is 9.13. The fourth-order valence-corrected chi connectivity index (χ4v) is 2.53. The zero-order chi connectivity index (χ0) is 20.6. The molecule has 0 aliphatic heterocycles. The molecular weight excluding hydrogens is 374 g/mol. The molecule has 29 heavy (non-hydrogen) atoms. The molecule has 1 atom stereocenters. The molecule has 150 valence electrons. The van der Waals surface area contributed by atoms with E-state index in [9.17, 15) is 9.59 Å². The SMILES string of the molecule is CC(Oc1ccc(Oc2ccccc2)cc1)C(=O)Cn1cc(CCC(=O)O)nn1. The first kappa shape index (κ1) is 20.1. The minimum absolute atomic E-state index is 0.00353. The standard InChI is InChI=1S/C21H21N3O5/c1-15(20(25)14-24-13-16(22-23-24)7-12-21(26)27)28-18-8-10-19(11-9-18)29-17-5-3-2-4-6-17/h2-6,8-11,13,15H,7,12,14H2,1H3,(H,26,27). The predicted molar refractivity (Wildman–Crippen MR) is 104 cm³/mol. The van der Waals surface area contributed by atoms with Gasteiger partial charge in [0.05, 0.1) is 12.1 Å². The molecule has 8 nitrogen and oxygen atoms in total. The third-order valence-corrected chi connectivity index (χ3v) is 4.07. The van der Waals surface area contributed by atoms with Crippen molar-refractivity contribution in [1.29, 1.82) is 0 Å². The first-order chi connectivity index (χ1) is 14.0. The Morgan fingerprint density at radius 1 is 1.03 bits per heavy atom. The third-order valence-electron chi connectivity index (χ3n) is 4.07. The Labute approximate surface area is 167 Å². The van der Waals surface area contributed by atoms with Crippen molar-refractivity contribution in [2.24, 2.45) is 0 Å². The second kappa shape index (κ2) is 9.50. The van der Waals surface area contributed by atoms with Crippen molar-refractivity contribution in [2.45, 2.75) is 32.4 Å². The number of para-hydroxylation sites is 1. The monoisotopic (exact) mass is 395 g/mol. The van der Waals surface area contributed by atoms with E-state index in [2.05, 4.69) is 10.3 Å². The smallest absolute Gasteiger partial charge is 0.303 e. The molecule has 1 N–H and O–H groups in total. The summed E-state index contributed by atoms with van der Waals surface area (Å²) in [6, 6.07) is 16.4. The highest BCUT2D eigenvalue weighted by atomic mass is 16.5. The number of ether oxygens (including phenoxy) is 2. The van der Waals surface area contributed by atoms with Gasteiger partial charge in [0.2, 0.25) is 0 Å². The van der Waals surface area contributed by atoms with Crippen LogP contribution in [0.2, 0.25) is 0 Å². The molecule has 0 aliphatic carbocycles. The Hall–Kier alpha value is -3.68. The lowest BCUT2D eigenvalue weighted by Crippen LogP contribution is -2.27. The number of carbonyl (C=O) groups excluding carboxylic acids is 1. The summed E-state index contributed by atoms with van der Waals surface area (Å²) in [5, 5.41) is 16.4. The average molecular weight is 395 g/mol. The molecule has 8 heteroatoms. The Morgan fingerprint density at radius 2 is 1.69 bits per heavy atom. The van der Waals surface area contributed by atoms with Crippen LogP contribution in [-0.4, -0.2) is 38.0 Å². The molecule has 1 unspecified atom stereocenters. The van der Waals surface area contributed by atoms with Crippen molar-refractivity contribution in [2.75, 3.05) is 0 Å². The molecule has 0 saturated carbocycles. The number of Topliss-reactive ketones (excluding diaryl/α,β-unsaturated/α-hetero) is 1. The second-order valence-corrected chi connectivity index (χ2v) is 6.41. The summed E-state index contributed by atoms with van der Waals surface area (Å²) in [5.41, 5.74) is 0.530. The van der Waals surface area contributed by atoms with E-state index in [1.807, 2.05) is 30.3 Å². The number of aliphatic carboxylic acids is 1. The van der Waals surface area contributed by atoms with E-state index >= 15 is 0 Å². The lowest BCUT2D eigenvalue weighted by molar-refractivity contribution is -0.137. The Bertz CT molecular complexity index is 954. The van der Waals surface area contributed by atoms with Gasteiger partial charge in [0.1, 0.15) is 23.8 Å². The number of ketones is 1. The molecule has 1 heterocycles. The number of carboxylic acids is 1. The Kier molecular flexibility index (Phi) is 6.57. The predicted octanol–water partition coefficient (Wildman–Crippen LogP) is 3.12. The van der Waals surface area contributed by atoms with Gasteiger partial charge in [-0.15, -0.1) is 5.10 Å². The number of carboxylic acid groups (broad SMARTS) is 1. The van der Waals surface area contributed by atoms with E-state index < -0.39 is 12.1 Å². The summed E-state index contributed by atoms with van der Waals surface area (Å²) in [4.78, 5) is 23.0. The summed E-state index contributed by atoms with van der Waals surface area (Å²) in [7, 11) is 0. The summed E-state index contributed by atoms with van der Waals surface area (Å²) in [5.74, 6) is 0.869. The first-order valence-corrected chi connectivity index (χ1v) is 9.13. The minimum atomic E-state index is -0.905. The summed E-state index contributed by atoms with van der Waals surface area (Å²) < 4.78 is 12.8. The average Bonchev–Trinajstić information content (AvgIpc) is 3.16. The fraction of sp³-hybridized carbons (Fsp3) is 0.238. The van der Waals surface area contributed by atoms with E-state index in [-0.39, 0.29) is 25.2 Å². The zero-order valence-corrected chi connectivity index (χ0v) is 15.9. The van der Waals surface area contributed by atoms with Crippen molar-refractivity contribution in [3.05, 3.63) is 66.5 Å². The van der Waals surface area contributed by atoms with Crippen LogP contribution in [0.1, 0.15) is 19.0 Å². The van der Waals surface area contributed by atoms with Crippen molar-refractivity contribution >= 4 is 11.8 Å². The quantitative estimate of drug-likeness (QED) is 0.562. The van der Waals surface area contributed by atoms with Crippen molar-refractivity contribution in [1.82, 2.24) is 15.0 Å². The lowest BCUT2D eigenvalue weighted by Gasteiger charge is -2.14. The van der Waals surface area contributed by atoms with E-state index in [4.69, 9.17) is 14.6 Å². The van der Waals surface area contributed by atoms with Gasteiger partial charge in [-0.25, -0.2) is 4.68 Å². The van der Waals surface area contributed by atoms with Gasteiger partial charge in [-0.05, 0) is 43.3 Å². The lowest BCUT2D eigenvalue weighted by atomic mass is 10.2. The number of hydrogen-bond donors (Lipinski definition) is 1. The molecule has 3 aromatic rings. The molecule has 0 saturated heterocycles. The second-order valence-electron chi connectivity index (χ2n) is 6.41. The molecular formula is C21H21N3O5. The van der Waals surface area contributed by atoms with Crippen LogP contribution in [0.5, 0.6) is 17.2 Å². The number of benzene rings is 2. The Morgan fingerprint density at radius 3 is 2.38 bits per heavy atom. The molecule has 0 radical (unpaired) electrons. The highest BCUT2D eigenvalue weighted by Crippen LogP contribution is 2.24. The van der Waals surface area contributed by atoms with Gasteiger partial charge >= 0.3 is 5.97 Å². The van der Waals surface area contributed by atoms with Gasteiger partial charge in [0, 0.05) is 12.6 Å². The summed E-state index contributed by atoms with van der Waals surface area (Å²) in [6.45, 7) is 1.66. The molecule has 0 aliphatic rings. The van der Waals surface area contributed by atoms with Crippen LogP contribution >= 0.6 is 0 Å². The maximum absolute atomic E-state index is 12.4. The number of carbonyl (C=O) groups is 2. The maximum Gasteiger partial charge on any atom is 0.303 e. The van der Waals surface area contributed by atoms with Crippen molar-refractivity contribution in [3.63, 3.8) is 0 Å². The van der Waals surface area contributed by atoms with Gasteiger partial charge in [-0.2, -0.15) is 0 Å². The number of nitrogens with zero attached hydrogens (tertiary/aromatic N) is 3. The van der Waals surface area contributed by atoms with E-state index in [1.165, 1.54) is 4.68 Å². The normalized spacial score (nSPS) is 11.6. The topological polar surface area (TPSA) is 104 Å². The van der Waals surface area contributed by atoms with Crippen molar-refractivity contribution < 1.29 is 24.2 Å². The molecule has 3 rings (SSSR count).